The van der Waals surface area contributed by atoms with E-state index in [-0.39, 0.29) is 5.56 Å². The van der Waals surface area contributed by atoms with Crippen molar-refractivity contribution >= 4 is 22.1 Å². The highest BCUT2D eigenvalue weighted by atomic mass is 32.2. The molecule has 0 amide bonds. The molecule has 0 fully saturated rings. The van der Waals surface area contributed by atoms with Crippen molar-refractivity contribution < 1.29 is 32.8 Å². The molecule has 0 aromatic heterocycles. The minimum absolute atomic E-state index is 0.320. The van der Waals surface area contributed by atoms with Crippen LogP contribution in [0.2, 0.25) is 0 Å². The number of carbonyl (C=O) groups is 2. The highest BCUT2D eigenvalue weighted by Gasteiger charge is 2.59. The molecule has 0 radical (unpaired) electrons. The molecule has 0 aliphatic heterocycles. The molecule has 8 heteroatoms. The Morgan fingerprint density at radius 1 is 1.16 bits per heavy atom. The molecule has 0 heterocycles. The van der Waals surface area contributed by atoms with Crippen molar-refractivity contribution in [2.45, 2.75) is 11.7 Å². The highest BCUT2D eigenvalue weighted by Crippen LogP contribution is 2.38. The van der Waals surface area contributed by atoms with Gasteiger partial charge in [-0.3, -0.25) is 14.1 Å². The van der Waals surface area contributed by atoms with Crippen molar-refractivity contribution in [2.75, 3.05) is 0 Å². The second-order valence-corrected chi connectivity index (χ2v) is 5.54. The third-order valence-electron chi connectivity index (χ3n) is 2.91. The Labute approximate surface area is 109 Å². The molecule has 1 aromatic rings. The normalized spacial score (nSPS) is 16.3. The van der Waals surface area contributed by atoms with Crippen LogP contribution < -0.4 is 0 Å². The standard InChI is InChI=1S/C11H12O7S/c1-7(9(12)13)11(10(14)15,19(16,17)18)8-5-3-2-4-6-8/h2-7H,1H3,(H,12,13)(H,14,15)(H,16,17,18). The Kier molecular flexibility index (Phi) is 3.97. The van der Waals surface area contributed by atoms with Crippen LogP contribution in [0.3, 0.4) is 0 Å². The van der Waals surface area contributed by atoms with Crippen LogP contribution in [-0.4, -0.2) is 35.1 Å². The van der Waals surface area contributed by atoms with Crippen molar-refractivity contribution in [1.82, 2.24) is 0 Å². The van der Waals surface area contributed by atoms with Crippen LogP contribution in [0.5, 0.6) is 0 Å². The Balaban J connectivity index is 3.75. The molecule has 0 saturated heterocycles. The van der Waals surface area contributed by atoms with Gasteiger partial charge in [0.2, 0.25) is 4.75 Å². The van der Waals surface area contributed by atoms with Crippen molar-refractivity contribution in [3.05, 3.63) is 35.9 Å². The summed E-state index contributed by atoms with van der Waals surface area (Å²) in [4.78, 5) is 22.4. The van der Waals surface area contributed by atoms with Gasteiger partial charge in [-0.05, 0) is 12.5 Å². The molecule has 0 aliphatic carbocycles. The Hall–Kier alpha value is -1.93. The molecule has 0 spiro atoms. The smallest absolute Gasteiger partial charge is 0.333 e. The van der Waals surface area contributed by atoms with Gasteiger partial charge in [0.25, 0.3) is 10.1 Å². The first-order chi connectivity index (χ1) is 8.65. The van der Waals surface area contributed by atoms with Gasteiger partial charge < -0.3 is 10.2 Å². The van der Waals surface area contributed by atoms with Gasteiger partial charge in [0.1, 0.15) is 0 Å². The zero-order valence-electron chi connectivity index (χ0n) is 9.85. The minimum Gasteiger partial charge on any atom is -0.481 e. The van der Waals surface area contributed by atoms with E-state index >= 15 is 0 Å². The summed E-state index contributed by atoms with van der Waals surface area (Å²) in [5, 5.41) is 18.2. The lowest BCUT2D eigenvalue weighted by Gasteiger charge is -2.30. The second kappa shape index (κ2) is 4.98. The molecule has 0 aliphatic rings. The Bertz CT molecular complexity index is 593. The van der Waals surface area contributed by atoms with Crippen LogP contribution >= 0.6 is 0 Å². The average molecular weight is 288 g/mol. The van der Waals surface area contributed by atoms with Gasteiger partial charge in [0.15, 0.2) is 0 Å². The average Bonchev–Trinajstić information content (AvgIpc) is 2.28. The molecule has 104 valence electrons. The molecule has 0 saturated carbocycles. The quantitative estimate of drug-likeness (QED) is 0.675. The van der Waals surface area contributed by atoms with E-state index in [1.807, 2.05) is 0 Å². The zero-order chi connectivity index (χ0) is 14.8. The molecule has 19 heavy (non-hydrogen) atoms. The predicted octanol–water partition coefficient (Wildman–Crippen LogP) is 0.575. The maximum Gasteiger partial charge on any atom is 0.333 e. The van der Waals surface area contributed by atoms with Gasteiger partial charge >= 0.3 is 11.9 Å². The van der Waals surface area contributed by atoms with Gasteiger partial charge in [-0.25, -0.2) is 0 Å². The molecule has 0 bridgehead atoms. The molecular weight excluding hydrogens is 276 g/mol. The molecule has 3 N–H and O–H groups in total. The summed E-state index contributed by atoms with van der Waals surface area (Å²) in [6, 6.07) is 6.49. The van der Waals surface area contributed by atoms with Crippen molar-refractivity contribution in [3.8, 4) is 0 Å². The number of carboxylic acids is 2. The first-order valence-corrected chi connectivity index (χ1v) is 6.58. The molecule has 2 unspecified atom stereocenters. The lowest BCUT2D eigenvalue weighted by molar-refractivity contribution is -0.151. The molecule has 1 aromatic carbocycles. The summed E-state index contributed by atoms with van der Waals surface area (Å²) in [5.74, 6) is -5.47. The van der Waals surface area contributed by atoms with E-state index in [9.17, 15) is 27.7 Å². The number of hydrogen-bond acceptors (Lipinski definition) is 4. The lowest BCUT2D eigenvalue weighted by atomic mass is 9.86. The summed E-state index contributed by atoms with van der Waals surface area (Å²) in [6.45, 7) is 0.914. The van der Waals surface area contributed by atoms with E-state index in [1.165, 1.54) is 18.2 Å². The van der Waals surface area contributed by atoms with Gasteiger partial charge in [-0.15, -0.1) is 0 Å². The number of rotatable bonds is 5. The van der Waals surface area contributed by atoms with E-state index in [1.54, 1.807) is 0 Å². The second-order valence-electron chi connectivity index (χ2n) is 3.94. The molecule has 1 rings (SSSR count). The number of hydrogen-bond donors (Lipinski definition) is 3. The molecular formula is C11H12O7S. The third-order valence-corrected chi connectivity index (χ3v) is 4.49. The maximum absolute atomic E-state index is 11.6. The van der Waals surface area contributed by atoms with Crippen LogP contribution in [0.15, 0.2) is 30.3 Å². The monoisotopic (exact) mass is 288 g/mol. The van der Waals surface area contributed by atoms with Crippen LogP contribution in [0.1, 0.15) is 12.5 Å². The van der Waals surface area contributed by atoms with E-state index < -0.39 is 32.7 Å². The summed E-state index contributed by atoms with van der Waals surface area (Å²) < 4.78 is 29.5. The van der Waals surface area contributed by atoms with Gasteiger partial charge in [-0.1, -0.05) is 30.3 Å². The lowest BCUT2D eigenvalue weighted by Crippen LogP contribution is -2.51. The topological polar surface area (TPSA) is 129 Å². The van der Waals surface area contributed by atoms with E-state index in [0.717, 1.165) is 19.1 Å². The summed E-state index contributed by atoms with van der Waals surface area (Å²) in [6.07, 6.45) is 0. The minimum atomic E-state index is -5.20. The molecule has 2 atom stereocenters. The first-order valence-electron chi connectivity index (χ1n) is 5.14. The van der Waals surface area contributed by atoms with Crippen molar-refractivity contribution in [2.24, 2.45) is 5.92 Å². The van der Waals surface area contributed by atoms with Crippen molar-refractivity contribution in [3.63, 3.8) is 0 Å². The largest absolute Gasteiger partial charge is 0.481 e. The third kappa shape index (κ3) is 2.32. The van der Waals surface area contributed by atoms with E-state index in [2.05, 4.69) is 0 Å². The van der Waals surface area contributed by atoms with Gasteiger partial charge in [0, 0.05) is 0 Å². The SMILES string of the molecule is CC(C(=O)O)C(C(=O)O)(c1ccccc1)S(=O)(=O)O. The Morgan fingerprint density at radius 3 is 1.95 bits per heavy atom. The predicted molar refractivity (Wildman–Crippen MR) is 64.1 cm³/mol. The fraction of sp³-hybridized carbons (Fsp3) is 0.273. The summed E-state index contributed by atoms with van der Waals surface area (Å²) >= 11 is 0. The summed E-state index contributed by atoms with van der Waals surface area (Å²) in [5.41, 5.74) is -0.320. The fourth-order valence-corrected chi connectivity index (χ4v) is 3.10. The number of carboxylic acid groups (broad SMARTS) is 2. The summed E-state index contributed by atoms with van der Waals surface area (Å²) in [7, 11) is -5.20. The van der Waals surface area contributed by atoms with Gasteiger partial charge in [0.05, 0.1) is 5.92 Å². The highest BCUT2D eigenvalue weighted by molar-refractivity contribution is 7.87. The number of aliphatic carboxylic acids is 2. The van der Waals surface area contributed by atoms with Crippen LogP contribution in [-0.2, 0) is 24.5 Å². The number of benzene rings is 1. The van der Waals surface area contributed by atoms with E-state index in [4.69, 9.17) is 5.11 Å². The Morgan fingerprint density at radius 2 is 1.63 bits per heavy atom. The van der Waals surface area contributed by atoms with Crippen molar-refractivity contribution in [1.29, 1.82) is 0 Å². The first kappa shape index (κ1) is 15.1. The van der Waals surface area contributed by atoms with Crippen LogP contribution in [0.25, 0.3) is 0 Å². The van der Waals surface area contributed by atoms with Gasteiger partial charge in [-0.2, -0.15) is 8.42 Å². The molecule has 7 nitrogen and oxygen atoms in total. The van der Waals surface area contributed by atoms with Crippen LogP contribution in [0, 0.1) is 5.92 Å². The van der Waals surface area contributed by atoms with Crippen LogP contribution in [0.4, 0.5) is 0 Å². The fourth-order valence-electron chi connectivity index (χ4n) is 1.90. The van der Waals surface area contributed by atoms with E-state index in [0.29, 0.717) is 0 Å². The maximum atomic E-state index is 11.6. The zero-order valence-corrected chi connectivity index (χ0v) is 10.7.